The van der Waals surface area contributed by atoms with Crippen molar-refractivity contribution in [3.05, 3.63) is 0 Å². The highest BCUT2D eigenvalue weighted by Gasteiger charge is 2.18. The van der Waals surface area contributed by atoms with Gasteiger partial charge in [-0.15, -0.1) is 0 Å². The van der Waals surface area contributed by atoms with Crippen molar-refractivity contribution in [3.63, 3.8) is 0 Å². The van der Waals surface area contributed by atoms with Gasteiger partial charge in [0.2, 0.25) is 0 Å². The molecule has 0 bridgehead atoms. The van der Waals surface area contributed by atoms with E-state index in [1.165, 1.54) is 12.8 Å². The summed E-state index contributed by atoms with van der Waals surface area (Å²) >= 11 is 0. The third-order valence-corrected chi connectivity index (χ3v) is 1.41. The van der Waals surface area contributed by atoms with Crippen LogP contribution >= 0.6 is 0 Å². The highest BCUT2D eigenvalue weighted by atomic mass is 16.6. The molecule has 1 aliphatic carbocycles. The van der Waals surface area contributed by atoms with Crippen molar-refractivity contribution in [1.82, 2.24) is 5.32 Å². The molecular formula is C7H14N2O. The van der Waals surface area contributed by atoms with Gasteiger partial charge in [0, 0.05) is 12.8 Å². The van der Waals surface area contributed by atoms with Gasteiger partial charge in [-0.3, -0.25) is 0 Å². The van der Waals surface area contributed by atoms with Gasteiger partial charge in [-0.1, -0.05) is 5.16 Å². The minimum atomic E-state index is 0.666. The number of hydrogen-bond donors (Lipinski definition) is 1. The average molecular weight is 142 g/mol. The van der Waals surface area contributed by atoms with Crippen LogP contribution in [0.4, 0.5) is 0 Å². The van der Waals surface area contributed by atoms with E-state index in [4.69, 9.17) is 4.84 Å². The van der Waals surface area contributed by atoms with E-state index in [0.717, 1.165) is 12.5 Å². The van der Waals surface area contributed by atoms with Crippen molar-refractivity contribution in [2.24, 2.45) is 11.1 Å². The van der Waals surface area contributed by atoms with E-state index in [1.807, 2.05) is 13.3 Å². The summed E-state index contributed by atoms with van der Waals surface area (Å²) in [4.78, 5) is 4.93. The first kappa shape index (κ1) is 7.54. The van der Waals surface area contributed by atoms with E-state index in [9.17, 15) is 0 Å². The summed E-state index contributed by atoms with van der Waals surface area (Å²) in [6.07, 6.45) is 4.48. The Morgan fingerprint density at radius 3 is 3.10 bits per heavy atom. The topological polar surface area (TPSA) is 33.6 Å². The molecule has 0 amide bonds. The molecule has 0 radical (unpaired) electrons. The van der Waals surface area contributed by atoms with Crippen molar-refractivity contribution < 1.29 is 4.84 Å². The van der Waals surface area contributed by atoms with Gasteiger partial charge in [-0.25, -0.2) is 0 Å². The van der Waals surface area contributed by atoms with E-state index in [-0.39, 0.29) is 0 Å². The summed E-state index contributed by atoms with van der Waals surface area (Å²) in [6, 6.07) is 0. The van der Waals surface area contributed by atoms with Gasteiger partial charge >= 0.3 is 0 Å². The van der Waals surface area contributed by atoms with E-state index in [0.29, 0.717) is 6.61 Å². The van der Waals surface area contributed by atoms with Gasteiger partial charge in [0.1, 0.15) is 6.61 Å². The zero-order chi connectivity index (χ0) is 7.23. The van der Waals surface area contributed by atoms with Crippen molar-refractivity contribution in [2.75, 3.05) is 20.2 Å². The number of nitrogens with one attached hydrogen (secondary N) is 1. The van der Waals surface area contributed by atoms with Crippen LogP contribution in [0.3, 0.4) is 0 Å². The molecule has 3 heteroatoms. The van der Waals surface area contributed by atoms with E-state index >= 15 is 0 Å². The summed E-state index contributed by atoms with van der Waals surface area (Å²) in [7, 11) is 1.90. The summed E-state index contributed by atoms with van der Waals surface area (Å²) in [6.45, 7) is 1.53. The molecule has 0 heterocycles. The molecule has 0 saturated heterocycles. The molecule has 0 atom stereocenters. The Bertz CT molecular complexity index is 110. The van der Waals surface area contributed by atoms with Gasteiger partial charge < -0.3 is 10.2 Å². The zero-order valence-corrected chi connectivity index (χ0v) is 6.34. The fourth-order valence-electron chi connectivity index (χ4n) is 0.575. The molecule has 10 heavy (non-hydrogen) atoms. The molecule has 1 N–H and O–H groups in total. The maximum Gasteiger partial charge on any atom is 0.129 e. The molecular weight excluding hydrogens is 128 g/mol. The number of oxime groups is 1. The highest BCUT2D eigenvalue weighted by molar-refractivity contribution is 5.62. The fraction of sp³-hybridized carbons (Fsp3) is 0.857. The SMILES string of the molecule is CNCCO/N=C/C1CC1. The number of likely N-dealkylation sites (N-methyl/N-ethyl adjacent to an activating group) is 1. The first-order valence-corrected chi connectivity index (χ1v) is 3.73. The average Bonchev–Trinajstić information content (AvgIpc) is 2.71. The van der Waals surface area contributed by atoms with Gasteiger partial charge in [-0.2, -0.15) is 0 Å². The zero-order valence-electron chi connectivity index (χ0n) is 6.34. The van der Waals surface area contributed by atoms with Gasteiger partial charge in [-0.05, 0) is 25.8 Å². The Morgan fingerprint density at radius 1 is 1.70 bits per heavy atom. The normalized spacial score (nSPS) is 18.1. The maximum atomic E-state index is 4.93. The Kier molecular flexibility index (Phi) is 3.22. The standard InChI is InChI=1S/C7H14N2O/c1-8-4-5-10-9-6-7-2-3-7/h6-8H,2-5H2,1H3/b9-6+. The van der Waals surface area contributed by atoms with Crippen LogP contribution in [0.1, 0.15) is 12.8 Å². The van der Waals surface area contributed by atoms with Crippen molar-refractivity contribution in [1.29, 1.82) is 0 Å². The molecule has 0 aromatic heterocycles. The van der Waals surface area contributed by atoms with Crippen molar-refractivity contribution in [2.45, 2.75) is 12.8 Å². The molecule has 1 rings (SSSR count). The first-order chi connectivity index (χ1) is 4.93. The Labute approximate surface area is 61.4 Å². The van der Waals surface area contributed by atoms with Crippen LogP contribution in [-0.4, -0.2) is 26.4 Å². The summed E-state index contributed by atoms with van der Waals surface area (Å²) in [5, 5.41) is 6.78. The van der Waals surface area contributed by atoms with Gasteiger partial charge in [0.05, 0.1) is 0 Å². The molecule has 0 spiro atoms. The third-order valence-electron chi connectivity index (χ3n) is 1.41. The smallest absolute Gasteiger partial charge is 0.129 e. The lowest BCUT2D eigenvalue weighted by Gasteiger charge is -1.95. The largest absolute Gasteiger partial charge is 0.395 e. The molecule has 0 aliphatic heterocycles. The summed E-state index contributed by atoms with van der Waals surface area (Å²) in [5.41, 5.74) is 0. The van der Waals surface area contributed by atoms with Crippen LogP contribution in [0.25, 0.3) is 0 Å². The van der Waals surface area contributed by atoms with Gasteiger partial charge in [0.25, 0.3) is 0 Å². The molecule has 1 saturated carbocycles. The number of nitrogens with zero attached hydrogens (tertiary/aromatic N) is 1. The van der Waals surface area contributed by atoms with E-state index in [2.05, 4.69) is 10.5 Å². The molecule has 58 valence electrons. The minimum absolute atomic E-state index is 0.666. The predicted molar refractivity (Wildman–Crippen MR) is 41.1 cm³/mol. The lowest BCUT2D eigenvalue weighted by atomic mass is 10.5. The van der Waals surface area contributed by atoms with E-state index < -0.39 is 0 Å². The highest BCUT2D eigenvalue weighted by Crippen LogP contribution is 2.26. The monoisotopic (exact) mass is 142 g/mol. The summed E-state index contributed by atoms with van der Waals surface area (Å²) in [5.74, 6) is 0.717. The minimum Gasteiger partial charge on any atom is -0.395 e. The van der Waals surface area contributed by atoms with Crippen LogP contribution in [-0.2, 0) is 4.84 Å². The van der Waals surface area contributed by atoms with Crippen LogP contribution < -0.4 is 5.32 Å². The second-order valence-electron chi connectivity index (χ2n) is 2.53. The second-order valence-corrected chi connectivity index (χ2v) is 2.53. The lowest BCUT2D eigenvalue weighted by Crippen LogP contribution is -2.12. The molecule has 1 aliphatic rings. The third kappa shape index (κ3) is 3.45. The summed E-state index contributed by atoms with van der Waals surface area (Å²) < 4.78 is 0. The maximum absolute atomic E-state index is 4.93. The number of hydrogen-bond acceptors (Lipinski definition) is 3. The van der Waals surface area contributed by atoms with Gasteiger partial charge in [0.15, 0.2) is 0 Å². The quantitative estimate of drug-likeness (QED) is 0.347. The molecule has 3 nitrogen and oxygen atoms in total. The van der Waals surface area contributed by atoms with Crippen LogP contribution in [0, 0.1) is 5.92 Å². The predicted octanol–water partition coefficient (Wildman–Crippen LogP) is 0.618. The number of rotatable bonds is 5. The van der Waals surface area contributed by atoms with E-state index in [1.54, 1.807) is 0 Å². The fourth-order valence-corrected chi connectivity index (χ4v) is 0.575. The molecule has 0 aromatic rings. The Hall–Kier alpha value is -0.570. The molecule has 1 fully saturated rings. The van der Waals surface area contributed by atoms with Crippen molar-refractivity contribution in [3.8, 4) is 0 Å². The second kappa shape index (κ2) is 4.28. The van der Waals surface area contributed by atoms with Crippen LogP contribution in [0.2, 0.25) is 0 Å². The molecule has 0 unspecified atom stereocenters. The first-order valence-electron chi connectivity index (χ1n) is 3.73. The van der Waals surface area contributed by atoms with Crippen LogP contribution in [0.5, 0.6) is 0 Å². The van der Waals surface area contributed by atoms with Crippen molar-refractivity contribution >= 4 is 6.21 Å². The Morgan fingerprint density at radius 2 is 2.50 bits per heavy atom. The van der Waals surface area contributed by atoms with Crippen LogP contribution in [0.15, 0.2) is 5.16 Å². The Balaban J connectivity index is 1.83. The lowest BCUT2D eigenvalue weighted by molar-refractivity contribution is 0.148. The molecule has 0 aromatic carbocycles.